The first-order valence-corrected chi connectivity index (χ1v) is 6.16. The van der Waals surface area contributed by atoms with Crippen LogP contribution in [0, 0.1) is 0 Å². The van der Waals surface area contributed by atoms with E-state index in [1.54, 1.807) is 24.4 Å². The maximum atomic E-state index is 11.9. The largest absolute Gasteiger partial charge is 0.365 e. The number of rotatable bonds is 6. The SMILES string of the molecule is C=CCNc1ccc(C(=O)NCc2ccccn2)nn1. The number of hydrogen-bond donors (Lipinski definition) is 2. The molecule has 0 saturated heterocycles. The number of aromatic nitrogens is 3. The van der Waals surface area contributed by atoms with Crippen LogP contribution in [0.25, 0.3) is 0 Å². The summed E-state index contributed by atoms with van der Waals surface area (Å²) in [6.45, 7) is 4.55. The molecule has 0 atom stereocenters. The summed E-state index contributed by atoms with van der Waals surface area (Å²) in [7, 11) is 0. The average molecular weight is 269 g/mol. The van der Waals surface area contributed by atoms with Gasteiger partial charge in [-0.1, -0.05) is 12.1 Å². The molecule has 0 aliphatic carbocycles. The Hall–Kier alpha value is -2.76. The van der Waals surface area contributed by atoms with E-state index < -0.39 is 0 Å². The lowest BCUT2D eigenvalue weighted by molar-refractivity contribution is 0.0944. The lowest BCUT2D eigenvalue weighted by Crippen LogP contribution is -2.24. The van der Waals surface area contributed by atoms with E-state index in [0.29, 0.717) is 18.9 Å². The Morgan fingerprint density at radius 2 is 2.15 bits per heavy atom. The number of nitrogens with zero attached hydrogens (tertiary/aromatic N) is 3. The quantitative estimate of drug-likeness (QED) is 0.775. The number of amides is 1. The van der Waals surface area contributed by atoms with Crippen molar-refractivity contribution in [2.75, 3.05) is 11.9 Å². The molecule has 102 valence electrons. The number of pyridine rings is 1. The molecule has 2 rings (SSSR count). The summed E-state index contributed by atoms with van der Waals surface area (Å²) in [6.07, 6.45) is 3.40. The van der Waals surface area contributed by atoms with Gasteiger partial charge in [0.2, 0.25) is 0 Å². The van der Waals surface area contributed by atoms with E-state index in [-0.39, 0.29) is 11.6 Å². The summed E-state index contributed by atoms with van der Waals surface area (Å²) >= 11 is 0. The Morgan fingerprint density at radius 1 is 1.25 bits per heavy atom. The van der Waals surface area contributed by atoms with E-state index in [0.717, 1.165) is 5.69 Å². The molecule has 0 spiro atoms. The number of nitrogens with one attached hydrogen (secondary N) is 2. The van der Waals surface area contributed by atoms with Crippen molar-refractivity contribution in [3.8, 4) is 0 Å². The summed E-state index contributed by atoms with van der Waals surface area (Å²) in [5, 5.41) is 13.5. The van der Waals surface area contributed by atoms with Gasteiger partial charge in [0.25, 0.3) is 5.91 Å². The van der Waals surface area contributed by atoms with Crippen LogP contribution in [0.4, 0.5) is 5.82 Å². The number of carbonyl (C=O) groups is 1. The van der Waals surface area contributed by atoms with E-state index in [2.05, 4.69) is 32.4 Å². The fourth-order valence-corrected chi connectivity index (χ4v) is 1.49. The van der Waals surface area contributed by atoms with Gasteiger partial charge in [-0.05, 0) is 24.3 Å². The van der Waals surface area contributed by atoms with Crippen molar-refractivity contribution in [1.29, 1.82) is 0 Å². The predicted molar refractivity (Wildman–Crippen MR) is 76.1 cm³/mol. The summed E-state index contributed by atoms with van der Waals surface area (Å²) < 4.78 is 0. The highest BCUT2D eigenvalue weighted by Crippen LogP contribution is 2.02. The summed E-state index contributed by atoms with van der Waals surface area (Å²) in [6, 6.07) is 8.85. The molecule has 0 fully saturated rings. The summed E-state index contributed by atoms with van der Waals surface area (Å²) in [5.41, 5.74) is 1.06. The van der Waals surface area contributed by atoms with Crippen LogP contribution in [0.5, 0.6) is 0 Å². The standard InChI is InChI=1S/C14H15N5O/c1-2-8-16-13-7-6-12(18-19-13)14(20)17-10-11-5-3-4-9-15-11/h2-7,9H,1,8,10H2,(H,16,19)(H,17,20). The topological polar surface area (TPSA) is 79.8 Å². The molecule has 0 aliphatic rings. The Kier molecular flexibility index (Phi) is 4.77. The minimum Gasteiger partial charge on any atom is -0.365 e. The van der Waals surface area contributed by atoms with E-state index >= 15 is 0 Å². The molecule has 20 heavy (non-hydrogen) atoms. The zero-order chi connectivity index (χ0) is 14.2. The highest BCUT2D eigenvalue weighted by Gasteiger charge is 2.07. The average Bonchev–Trinajstić information content (AvgIpc) is 2.52. The first-order valence-electron chi connectivity index (χ1n) is 6.16. The first-order chi connectivity index (χ1) is 9.79. The van der Waals surface area contributed by atoms with Gasteiger partial charge in [-0.15, -0.1) is 16.8 Å². The number of anilines is 1. The third-order valence-electron chi connectivity index (χ3n) is 2.48. The third-order valence-corrected chi connectivity index (χ3v) is 2.48. The second kappa shape index (κ2) is 6.98. The smallest absolute Gasteiger partial charge is 0.272 e. The number of carbonyl (C=O) groups excluding carboxylic acids is 1. The van der Waals surface area contributed by atoms with Crippen molar-refractivity contribution in [3.05, 3.63) is 60.6 Å². The van der Waals surface area contributed by atoms with Crippen molar-refractivity contribution in [2.45, 2.75) is 6.54 Å². The normalized spacial score (nSPS) is 9.80. The molecule has 6 nitrogen and oxygen atoms in total. The maximum absolute atomic E-state index is 11.9. The zero-order valence-corrected chi connectivity index (χ0v) is 10.9. The van der Waals surface area contributed by atoms with Crippen molar-refractivity contribution >= 4 is 11.7 Å². The molecular formula is C14H15N5O. The second-order valence-corrected chi connectivity index (χ2v) is 3.98. The first kappa shape index (κ1) is 13.7. The van der Waals surface area contributed by atoms with Crippen LogP contribution < -0.4 is 10.6 Å². The van der Waals surface area contributed by atoms with Crippen LogP contribution in [0.2, 0.25) is 0 Å². The Morgan fingerprint density at radius 3 is 2.80 bits per heavy atom. The predicted octanol–water partition coefficient (Wildman–Crippen LogP) is 1.40. The highest BCUT2D eigenvalue weighted by atomic mass is 16.1. The minimum atomic E-state index is -0.279. The van der Waals surface area contributed by atoms with Crippen LogP contribution >= 0.6 is 0 Å². The van der Waals surface area contributed by atoms with Crippen molar-refractivity contribution in [3.63, 3.8) is 0 Å². The van der Waals surface area contributed by atoms with Crippen molar-refractivity contribution in [1.82, 2.24) is 20.5 Å². The Balaban J connectivity index is 1.90. The molecule has 6 heteroatoms. The molecule has 0 aliphatic heterocycles. The molecule has 2 aromatic heterocycles. The van der Waals surface area contributed by atoms with Gasteiger partial charge < -0.3 is 10.6 Å². The monoisotopic (exact) mass is 269 g/mol. The highest BCUT2D eigenvalue weighted by molar-refractivity contribution is 5.92. The molecule has 0 aromatic carbocycles. The van der Waals surface area contributed by atoms with Crippen LogP contribution in [0.1, 0.15) is 16.2 Å². The van der Waals surface area contributed by atoms with Gasteiger partial charge in [0, 0.05) is 12.7 Å². The van der Waals surface area contributed by atoms with Crippen LogP contribution in [0.3, 0.4) is 0 Å². The molecular weight excluding hydrogens is 254 g/mol. The maximum Gasteiger partial charge on any atom is 0.272 e. The van der Waals surface area contributed by atoms with Crippen LogP contribution in [-0.4, -0.2) is 27.6 Å². The van der Waals surface area contributed by atoms with Gasteiger partial charge in [-0.25, -0.2) is 0 Å². The molecule has 0 unspecified atom stereocenters. The minimum absolute atomic E-state index is 0.269. The fraction of sp³-hybridized carbons (Fsp3) is 0.143. The van der Waals surface area contributed by atoms with Crippen molar-refractivity contribution < 1.29 is 4.79 Å². The molecule has 2 N–H and O–H groups in total. The van der Waals surface area contributed by atoms with E-state index in [1.165, 1.54) is 0 Å². The molecule has 2 aromatic rings. The third kappa shape index (κ3) is 3.88. The van der Waals surface area contributed by atoms with Gasteiger partial charge in [0.15, 0.2) is 5.69 Å². The zero-order valence-electron chi connectivity index (χ0n) is 10.9. The Bertz CT molecular complexity index is 568. The van der Waals surface area contributed by atoms with E-state index in [9.17, 15) is 4.79 Å². The van der Waals surface area contributed by atoms with E-state index in [1.807, 2.05) is 18.2 Å². The number of hydrogen-bond acceptors (Lipinski definition) is 5. The van der Waals surface area contributed by atoms with Gasteiger partial charge in [-0.3, -0.25) is 9.78 Å². The van der Waals surface area contributed by atoms with Gasteiger partial charge in [0.1, 0.15) is 5.82 Å². The molecule has 2 heterocycles. The molecule has 0 bridgehead atoms. The lowest BCUT2D eigenvalue weighted by Gasteiger charge is -2.05. The summed E-state index contributed by atoms with van der Waals surface area (Å²) in [5.74, 6) is 0.324. The molecule has 0 radical (unpaired) electrons. The second-order valence-electron chi connectivity index (χ2n) is 3.98. The Labute approximate surface area is 117 Å². The lowest BCUT2D eigenvalue weighted by atomic mass is 10.3. The van der Waals surface area contributed by atoms with Gasteiger partial charge >= 0.3 is 0 Å². The van der Waals surface area contributed by atoms with Crippen LogP contribution in [-0.2, 0) is 6.54 Å². The molecule has 1 amide bonds. The van der Waals surface area contributed by atoms with Gasteiger partial charge in [-0.2, -0.15) is 0 Å². The van der Waals surface area contributed by atoms with Crippen molar-refractivity contribution in [2.24, 2.45) is 0 Å². The fourth-order valence-electron chi connectivity index (χ4n) is 1.49. The van der Waals surface area contributed by atoms with Gasteiger partial charge in [0.05, 0.1) is 12.2 Å². The van der Waals surface area contributed by atoms with Crippen LogP contribution in [0.15, 0.2) is 49.2 Å². The summed E-state index contributed by atoms with van der Waals surface area (Å²) in [4.78, 5) is 16.0. The molecule has 0 saturated carbocycles. The van der Waals surface area contributed by atoms with E-state index in [4.69, 9.17) is 0 Å².